The van der Waals surface area contributed by atoms with Crippen molar-refractivity contribution in [1.29, 1.82) is 0 Å². The Bertz CT molecular complexity index is 218. The van der Waals surface area contributed by atoms with Gasteiger partial charge in [-0.2, -0.15) is 0 Å². The second-order valence-electron chi connectivity index (χ2n) is 5.37. The molecule has 0 rings (SSSR count). The number of hydrogen-bond acceptors (Lipinski definition) is 6. The first kappa shape index (κ1) is 49.9. The van der Waals surface area contributed by atoms with Crippen LogP contribution in [-0.2, 0) is 13.9 Å². The topological polar surface area (TPSA) is 161 Å². The van der Waals surface area contributed by atoms with Crippen LogP contribution in [0.25, 0.3) is 0 Å². The molecule has 0 saturated carbocycles. The van der Waals surface area contributed by atoms with E-state index in [1.807, 2.05) is 20.8 Å². The van der Waals surface area contributed by atoms with Crippen LogP contribution in [0.1, 0.15) is 55.4 Å². The molecule has 0 fully saturated rings. The Morgan fingerprint density at radius 2 is 1.00 bits per heavy atom. The van der Waals surface area contributed by atoms with Crippen LogP contribution in [-0.4, -0.2) is 38.8 Å². The molecular formula is C12H28Cl2Na2O8. The first-order chi connectivity index (χ1) is 9.02. The number of aliphatic carboxylic acids is 2. The fourth-order valence-electron chi connectivity index (χ4n) is 0. The maximum atomic E-state index is 9.00. The van der Waals surface area contributed by atoms with Crippen molar-refractivity contribution in [3.8, 4) is 0 Å². The molecule has 0 radical (unpaired) electrons. The number of hydrogen-bond donors (Lipinski definition) is 2. The summed E-state index contributed by atoms with van der Waals surface area (Å²) in [6.45, 7) is 13.0. The van der Waals surface area contributed by atoms with E-state index in [-0.39, 0.29) is 70.2 Å². The number of aliphatic hydroxyl groups is 1. The van der Waals surface area contributed by atoms with Crippen molar-refractivity contribution >= 4 is 35.7 Å². The summed E-state index contributed by atoms with van der Waals surface area (Å²) in [6, 6.07) is 0. The minimum atomic E-state index is -1.08. The summed E-state index contributed by atoms with van der Waals surface area (Å²) in [7, 11) is 0. The molecule has 4 N–H and O–H groups in total. The summed E-state index contributed by atoms with van der Waals surface area (Å²) in [5.41, 5.74) is -0.693. The third-order valence-electron chi connectivity index (χ3n) is 0.231. The average Bonchev–Trinajstić information content (AvgIpc) is 2.15. The molecule has 8 nitrogen and oxygen atoms in total. The van der Waals surface area contributed by atoms with Gasteiger partial charge in [0.15, 0.2) is 0 Å². The van der Waals surface area contributed by atoms with Gasteiger partial charge in [-0.1, -0.05) is 0 Å². The number of carboxylic acids is 2. The van der Waals surface area contributed by atoms with Crippen molar-refractivity contribution in [3.63, 3.8) is 0 Å². The molecule has 0 aromatic heterocycles. The van der Waals surface area contributed by atoms with Gasteiger partial charge in [-0.15, -0.1) is 0 Å². The quantitative estimate of drug-likeness (QED) is 0.371. The van der Waals surface area contributed by atoms with Gasteiger partial charge >= 0.3 is 59.1 Å². The van der Waals surface area contributed by atoms with Gasteiger partial charge in [0.1, 0.15) is 0 Å². The molecule has 12 heteroatoms. The summed E-state index contributed by atoms with van der Waals surface area (Å²) in [5, 5.41) is 24.8. The van der Waals surface area contributed by atoms with E-state index in [0.717, 1.165) is 13.8 Å². The molecule has 0 aromatic carbocycles. The second-order valence-corrected chi connectivity index (χ2v) is 5.53. The van der Waals surface area contributed by atoms with E-state index in [1.54, 1.807) is 20.8 Å². The monoisotopic (exact) mass is 416 g/mol. The molecular weight excluding hydrogens is 389 g/mol. The van der Waals surface area contributed by atoms with Crippen molar-refractivity contribution < 1.29 is 98.4 Å². The van der Waals surface area contributed by atoms with E-state index in [1.165, 1.54) is 0 Å². The Labute approximate surface area is 199 Å². The molecule has 140 valence electrons. The smallest absolute Gasteiger partial charge is 0.769 e. The predicted octanol–water partition coefficient (Wildman–Crippen LogP) is -5.74. The Balaban J connectivity index is -0.0000000222. The van der Waals surface area contributed by atoms with Crippen molar-refractivity contribution in [2.24, 2.45) is 0 Å². The molecule has 0 unspecified atom stereocenters. The van der Waals surface area contributed by atoms with E-state index in [4.69, 9.17) is 41.4 Å². The maximum Gasteiger partial charge on any atom is 1.00 e. The number of halogens is 2. The fraction of sp³-hybridized carbons (Fsp3) is 0.833. The van der Waals surface area contributed by atoms with E-state index in [9.17, 15) is 0 Å². The van der Waals surface area contributed by atoms with Crippen molar-refractivity contribution in [1.82, 2.24) is 0 Å². The summed E-state index contributed by atoms with van der Waals surface area (Å²) >= 11 is 8.37. The van der Waals surface area contributed by atoms with Gasteiger partial charge in [0, 0.05) is 12.9 Å². The first-order valence-electron chi connectivity index (χ1n) is 5.57. The summed E-state index contributed by atoms with van der Waals surface area (Å²) in [4.78, 5) is 17.9. The number of carboxylic acid groups (broad SMARTS) is 2. The zero-order valence-corrected chi connectivity index (χ0v) is 21.7. The van der Waals surface area contributed by atoms with Crippen LogP contribution in [0.3, 0.4) is 0 Å². The van der Waals surface area contributed by atoms with Crippen LogP contribution in [0.5, 0.6) is 0 Å². The molecule has 0 saturated heterocycles. The Kier molecular flexibility index (Phi) is 66.7. The first-order valence-corrected chi connectivity index (χ1v) is 6.19. The van der Waals surface area contributed by atoms with Gasteiger partial charge in [0.05, 0.1) is 23.1 Å². The fourth-order valence-corrected chi connectivity index (χ4v) is 0. The Morgan fingerprint density at radius 1 is 0.958 bits per heavy atom. The predicted molar refractivity (Wildman–Crippen MR) is 82.1 cm³/mol. The zero-order valence-electron chi connectivity index (χ0n) is 16.2. The zero-order chi connectivity index (χ0) is 18.9. The SMILES string of the molecule is CC(=O)O.CC(=O)[O-].CC(C)(C)O.CC(C)(C)OCl.O.[Na+].[Na+].[O-]Cl. The second kappa shape index (κ2) is 32.1. The van der Waals surface area contributed by atoms with Crippen LogP contribution < -0.4 is 68.9 Å². The maximum absolute atomic E-state index is 9.00. The van der Waals surface area contributed by atoms with Crippen molar-refractivity contribution in [2.45, 2.75) is 66.6 Å². The van der Waals surface area contributed by atoms with E-state index >= 15 is 0 Å². The standard InChI is InChI=1S/C4H9ClO.C4H10O.2C2H4O2.ClO.2Na.H2O/c1-4(2,3)6-5;1-4(2,3)5;2*1-2(3)4;1-2;;;/h1-3H3;5H,1-3H3;2*1H3,(H,3,4);;;;1H2/q;;;;-1;2*+1;/p-1. The molecule has 0 aliphatic carbocycles. The minimum absolute atomic E-state index is 0. The molecule has 0 spiro atoms. The van der Waals surface area contributed by atoms with Gasteiger partial charge in [-0.25, -0.2) is 11.9 Å². The number of rotatable bonds is 0. The Hall–Kier alpha value is 1.36. The van der Waals surface area contributed by atoms with Crippen LogP contribution in [0, 0.1) is 0 Å². The molecule has 0 bridgehead atoms. The molecule has 0 aromatic rings. The number of carbonyl (C=O) groups is 2. The number of carbonyl (C=O) groups excluding carboxylic acids is 1. The van der Waals surface area contributed by atoms with E-state index < -0.39 is 17.5 Å². The van der Waals surface area contributed by atoms with Gasteiger partial charge < -0.3 is 30.2 Å². The summed E-state index contributed by atoms with van der Waals surface area (Å²) in [6.07, 6.45) is 0. The van der Waals surface area contributed by atoms with Crippen molar-refractivity contribution in [2.75, 3.05) is 0 Å². The third kappa shape index (κ3) is 614. The van der Waals surface area contributed by atoms with Crippen LogP contribution in [0.2, 0.25) is 0 Å². The van der Waals surface area contributed by atoms with Gasteiger partial charge in [-0.3, -0.25) is 9.08 Å². The van der Waals surface area contributed by atoms with Crippen LogP contribution in [0.4, 0.5) is 0 Å². The van der Waals surface area contributed by atoms with E-state index in [0.29, 0.717) is 0 Å². The largest absolute Gasteiger partial charge is 1.00 e. The van der Waals surface area contributed by atoms with Gasteiger partial charge in [-0.05, 0) is 48.5 Å². The molecule has 0 heterocycles. The third-order valence-corrected chi connectivity index (χ3v) is 0.694. The summed E-state index contributed by atoms with van der Waals surface area (Å²) < 4.78 is 12.1. The van der Waals surface area contributed by atoms with Crippen LogP contribution in [0.15, 0.2) is 0 Å². The van der Waals surface area contributed by atoms with Crippen molar-refractivity contribution in [3.05, 3.63) is 0 Å². The summed E-state index contributed by atoms with van der Waals surface area (Å²) in [5.74, 6) is -1.92. The minimum Gasteiger partial charge on any atom is -0.769 e. The molecule has 0 atom stereocenters. The van der Waals surface area contributed by atoms with Gasteiger partial charge in [0.25, 0.3) is 5.97 Å². The van der Waals surface area contributed by atoms with Gasteiger partial charge in [0.2, 0.25) is 0 Å². The Morgan fingerprint density at radius 3 is 1.00 bits per heavy atom. The average molecular weight is 417 g/mol. The van der Waals surface area contributed by atoms with Crippen LogP contribution >= 0.6 is 23.7 Å². The van der Waals surface area contributed by atoms with E-state index in [2.05, 4.69) is 16.2 Å². The molecule has 0 aliphatic rings. The molecule has 0 amide bonds. The molecule has 0 aliphatic heterocycles. The normalized spacial score (nSPS) is 7.83. The molecule has 24 heavy (non-hydrogen) atoms.